The van der Waals surface area contributed by atoms with E-state index in [1.54, 1.807) is 0 Å². The minimum atomic E-state index is -0.510. The van der Waals surface area contributed by atoms with Crippen LogP contribution in [0.4, 0.5) is 0 Å². The first-order valence-electron chi connectivity index (χ1n) is 9.33. The van der Waals surface area contributed by atoms with Crippen molar-refractivity contribution in [1.82, 2.24) is 19.9 Å². The van der Waals surface area contributed by atoms with Crippen LogP contribution < -0.4 is 10.9 Å². The van der Waals surface area contributed by atoms with Gasteiger partial charge in [0, 0.05) is 24.1 Å². The van der Waals surface area contributed by atoms with Crippen molar-refractivity contribution in [3.63, 3.8) is 0 Å². The number of hydrogen-bond donors (Lipinski definition) is 2. The Morgan fingerprint density at radius 3 is 2.88 bits per heavy atom. The van der Waals surface area contributed by atoms with E-state index < -0.39 is 6.10 Å². The standard InChI is InChI=1S/C19H24N4O3/c1-11-7-14(12-4-5-12)22-18-17(11)21-10-23(19(18)26)9-13(24)8-15-16(25)3-2-6-20-15/h7,10,12,15-16,20,25H,2-6,8-9H2,1H3/t15-,16+/m1/s1. The van der Waals surface area contributed by atoms with Crippen molar-refractivity contribution in [2.45, 2.75) is 63.6 Å². The molecule has 0 spiro atoms. The minimum Gasteiger partial charge on any atom is -0.391 e. The fourth-order valence-electron chi connectivity index (χ4n) is 3.66. The van der Waals surface area contributed by atoms with Crippen molar-refractivity contribution >= 4 is 16.8 Å². The van der Waals surface area contributed by atoms with Crippen LogP contribution in [0.5, 0.6) is 0 Å². The molecule has 7 heteroatoms. The number of nitrogens with one attached hydrogen (secondary N) is 1. The molecule has 2 aromatic rings. The molecular formula is C19H24N4O3. The number of pyridine rings is 1. The summed E-state index contributed by atoms with van der Waals surface area (Å²) < 4.78 is 1.34. The summed E-state index contributed by atoms with van der Waals surface area (Å²) in [4.78, 5) is 34.1. The molecule has 0 aromatic carbocycles. The van der Waals surface area contributed by atoms with Crippen LogP contribution in [0, 0.1) is 6.92 Å². The van der Waals surface area contributed by atoms with E-state index in [-0.39, 0.29) is 30.3 Å². The summed E-state index contributed by atoms with van der Waals surface area (Å²) in [6.45, 7) is 2.70. The van der Waals surface area contributed by atoms with Crippen LogP contribution in [-0.4, -0.2) is 44.1 Å². The highest BCUT2D eigenvalue weighted by molar-refractivity contribution is 5.80. The first kappa shape index (κ1) is 17.3. The molecule has 1 aliphatic heterocycles. The Bertz CT molecular complexity index is 904. The van der Waals surface area contributed by atoms with E-state index in [2.05, 4.69) is 15.3 Å². The molecular weight excluding hydrogens is 332 g/mol. The zero-order valence-electron chi connectivity index (χ0n) is 14.9. The molecule has 0 amide bonds. The first-order chi connectivity index (χ1) is 12.5. The molecule has 3 heterocycles. The summed E-state index contributed by atoms with van der Waals surface area (Å²) in [5.41, 5.74) is 2.58. The van der Waals surface area contributed by atoms with Gasteiger partial charge >= 0.3 is 0 Å². The second-order valence-corrected chi connectivity index (χ2v) is 7.53. The number of Topliss-reactive ketones (excluding diaryl/α,β-unsaturated/α-hetero) is 1. The van der Waals surface area contributed by atoms with E-state index in [0.717, 1.165) is 37.1 Å². The van der Waals surface area contributed by atoms with E-state index in [0.29, 0.717) is 23.4 Å². The fourth-order valence-corrected chi connectivity index (χ4v) is 3.66. The number of hydrogen-bond acceptors (Lipinski definition) is 6. The normalized spacial score (nSPS) is 23.3. The number of nitrogens with zero attached hydrogens (tertiary/aromatic N) is 3. The van der Waals surface area contributed by atoms with Crippen molar-refractivity contribution in [3.05, 3.63) is 34.0 Å². The van der Waals surface area contributed by atoms with E-state index in [4.69, 9.17) is 0 Å². The number of carbonyl (C=O) groups is 1. The zero-order valence-corrected chi connectivity index (χ0v) is 14.9. The molecule has 0 bridgehead atoms. The molecule has 1 saturated heterocycles. The molecule has 2 aliphatic rings. The lowest BCUT2D eigenvalue weighted by Crippen LogP contribution is -2.46. The third-order valence-electron chi connectivity index (χ3n) is 5.33. The van der Waals surface area contributed by atoms with Gasteiger partial charge in [0.2, 0.25) is 0 Å². The molecule has 2 N–H and O–H groups in total. The van der Waals surface area contributed by atoms with Crippen LogP contribution in [0.2, 0.25) is 0 Å². The number of aryl methyl sites for hydroxylation is 1. The highest BCUT2D eigenvalue weighted by Gasteiger charge is 2.27. The Morgan fingerprint density at radius 2 is 2.15 bits per heavy atom. The predicted octanol–water partition coefficient (Wildman–Crippen LogP) is 1.05. The van der Waals surface area contributed by atoms with Crippen LogP contribution in [0.25, 0.3) is 11.0 Å². The number of piperidine rings is 1. The molecule has 7 nitrogen and oxygen atoms in total. The largest absolute Gasteiger partial charge is 0.391 e. The monoisotopic (exact) mass is 356 g/mol. The Morgan fingerprint density at radius 1 is 1.35 bits per heavy atom. The van der Waals surface area contributed by atoms with Gasteiger partial charge in [0.15, 0.2) is 11.3 Å². The number of aromatic nitrogens is 3. The second kappa shape index (κ2) is 6.89. The van der Waals surface area contributed by atoms with E-state index in [1.807, 2.05) is 13.0 Å². The summed E-state index contributed by atoms with van der Waals surface area (Å²) in [6, 6.07) is 1.78. The fraction of sp³-hybridized carbons (Fsp3) is 0.579. The van der Waals surface area contributed by atoms with Crippen molar-refractivity contribution in [3.8, 4) is 0 Å². The van der Waals surface area contributed by atoms with Gasteiger partial charge < -0.3 is 10.4 Å². The molecule has 2 aromatic heterocycles. The molecule has 26 heavy (non-hydrogen) atoms. The SMILES string of the molecule is Cc1cc(C2CC2)nc2c(=O)n(CC(=O)C[C@H]3NCCC[C@@H]3O)cnc12. The summed E-state index contributed by atoms with van der Waals surface area (Å²) in [6.07, 6.45) is 4.97. The van der Waals surface area contributed by atoms with Crippen LogP contribution in [-0.2, 0) is 11.3 Å². The van der Waals surface area contributed by atoms with Gasteiger partial charge in [-0.25, -0.2) is 9.97 Å². The second-order valence-electron chi connectivity index (χ2n) is 7.53. The molecule has 0 radical (unpaired) electrons. The van der Waals surface area contributed by atoms with Gasteiger partial charge in [-0.3, -0.25) is 14.2 Å². The smallest absolute Gasteiger partial charge is 0.280 e. The third kappa shape index (κ3) is 3.41. The highest BCUT2D eigenvalue weighted by atomic mass is 16.3. The van der Waals surface area contributed by atoms with E-state index in [9.17, 15) is 14.7 Å². The maximum absolute atomic E-state index is 12.8. The van der Waals surface area contributed by atoms with Crippen molar-refractivity contribution in [2.75, 3.05) is 6.54 Å². The number of aliphatic hydroxyl groups excluding tert-OH is 1. The number of fused-ring (bicyclic) bond motifs is 1. The molecule has 0 unspecified atom stereocenters. The minimum absolute atomic E-state index is 0.0406. The Kier molecular flexibility index (Phi) is 4.58. The molecule has 138 valence electrons. The number of carbonyl (C=O) groups excluding carboxylic acids is 1. The van der Waals surface area contributed by atoms with Gasteiger partial charge in [-0.2, -0.15) is 0 Å². The van der Waals surface area contributed by atoms with Crippen LogP contribution in [0.3, 0.4) is 0 Å². The van der Waals surface area contributed by atoms with Gasteiger partial charge in [0.25, 0.3) is 5.56 Å². The Labute approximate surface area is 151 Å². The molecule has 2 fully saturated rings. The number of rotatable bonds is 5. The Balaban J connectivity index is 1.57. The number of ketones is 1. The van der Waals surface area contributed by atoms with Gasteiger partial charge in [-0.05, 0) is 50.8 Å². The quantitative estimate of drug-likeness (QED) is 0.831. The van der Waals surface area contributed by atoms with E-state index in [1.165, 1.54) is 10.9 Å². The Hall–Kier alpha value is -2.12. The highest BCUT2D eigenvalue weighted by Crippen LogP contribution is 2.39. The molecule has 4 rings (SSSR count). The van der Waals surface area contributed by atoms with Crippen LogP contribution in [0.1, 0.15) is 49.3 Å². The van der Waals surface area contributed by atoms with Crippen LogP contribution >= 0.6 is 0 Å². The van der Waals surface area contributed by atoms with Crippen molar-refractivity contribution in [1.29, 1.82) is 0 Å². The van der Waals surface area contributed by atoms with Gasteiger partial charge in [-0.1, -0.05) is 0 Å². The predicted molar refractivity (Wildman–Crippen MR) is 97.2 cm³/mol. The maximum atomic E-state index is 12.8. The first-order valence-corrected chi connectivity index (χ1v) is 9.33. The summed E-state index contributed by atoms with van der Waals surface area (Å²) in [5, 5.41) is 13.2. The lowest BCUT2D eigenvalue weighted by atomic mass is 9.97. The zero-order chi connectivity index (χ0) is 18.3. The molecule has 1 aliphatic carbocycles. The van der Waals surface area contributed by atoms with Crippen LogP contribution in [0.15, 0.2) is 17.2 Å². The summed E-state index contributed by atoms with van der Waals surface area (Å²) >= 11 is 0. The number of aliphatic hydroxyl groups is 1. The topological polar surface area (TPSA) is 97.1 Å². The lowest BCUT2D eigenvalue weighted by Gasteiger charge is -2.28. The average Bonchev–Trinajstić information content (AvgIpc) is 3.45. The summed E-state index contributed by atoms with van der Waals surface area (Å²) in [7, 11) is 0. The van der Waals surface area contributed by atoms with Crippen molar-refractivity contribution in [2.24, 2.45) is 0 Å². The lowest BCUT2D eigenvalue weighted by molar-refractivity contribution is -0.121. The van der Waals surface area contributed by atoms with Gasteiger partial charge in [0.05, 0.1) is 24.5 Å². The maximum Gasteiger partial charge on any atom is 0.280 e. The molecule has 2 atom stereocenters. The molecule has 1 saturated carbocycles. The summed E-state index contributed by atoms with van der Waals surface area (Å²) in [5.74, 6) is 0.355. The van der Waals surface area contributed by atoms with Gasteiger partial charge in [0.1, 0.15) is 0 Å². The van der Waals surface area contributed by atoms with E-state index >= 15 is 0 Å². The average molecular weight is 356 g/mol. The van der Waals surface area contributed by atoms with Gasteiger partial charge in [-0.15, -0.1) is 0 Å². The third-order valence-corrected chi connectivity index (χ3v) is 5.33. The van der Waals surface area contributed by atoms with Crippen molar-refractivity contribution < 1.29 is 9.90 Å².